The van der Waals surface area contributed by atoms with E-state index >= 15 is 0 Å². The van der Waals surface area contributed by atoms with Gasteiger partial charge in [0.25, 0.3) is 0 Å². The van der Waals surface area contributed by atoms with Gasteiger partial charge in [0.1, 0.15) is 5.82 Å². The number of hydrogen-bond donors (Lipinski definition) is 1. The molecule has 21 heavy (non-hydrogen) atoms. The molecule has 1 aromatic rings. The van der Waals surface area contributed by atoms with E-state index < -0.39 is 5.97 Å². The van der Waals surface area contributed by atoms with E-state index in [2.05, 4.69) is 38.8 Å². The highest BCUT2D eigenvalue weighted by Crippen LogP contribution is 2.13. The number of ether oxygens (including phenoxy) is 1. The van der Waals surface area contributed by atoms with Crippen LogP contribution in [-0.2, 0) is 4.74 Å². The fourth-order valence-electron chi connectivity index (χ4n) is 2.22. The Morgan fingerprint density at radius 2 is 2.05 bits per heavy atom. The monoisotopic (exact) mass is 294 g/mol. The molecule has 0 spiro atoms. The molecule has 0 aliphatic heterocycles. The molecule has 1 rings (SSSR count). The highest BCUT2D eigenvalue weighted by Gasteiger charge is 2.16. The maximum Gasteiger partial charge on any atom is 0.376 e. The molecule has 1 unspecified atom stereocenters. The van der Waals surface area contributed by atoms with Crippen LogP contribution in [0.25, 0.3) is 0 Å². The summed E-state index contributed by atoms with van der Waals surface area (Å²) in [6.07, 6.45) is 1.02. The molecule has 6 nitrogen and oxygen atoms in total. The largest absolute Gasteiger partial charge is 0.463 e. The van der Waals surface area contributed by atoms with Crippen LogP contribution in [0.4, 0.5) is 5.82 Å². The second kappa shape index (κ2) is 7.93. The Bertz CT molecular complexity index is 465. The van der Waals surface area contributed by atoms with Crippen LogP contribution in [0.3, 0.4) is 0 Å². The number of nitrogens with one attached hydrogen (secondary N) is 1. The Morgan fingerprint density at radius 3 is 2.57 bits per heavy atom. The van der Waals surface area contributed by atoms with Gasteiger partial charge in [-0.25, -0.2) is 14.8 Å². The summed E-state index contributed by atoms with van der Waals surface area (Å²) in [6, 6.07) is 2.11. The summed E-state index contributed by atoms with van der Waals surface area (Å²) in [5, 5.41) is 3.40. The number of likely N-dealkylation sites (N-methyl/N-ethyl adjacent to an activating group) is 1. The average molecular weight is 294 g/mol. The van der Waals surface area contributed by atoms with Crippen molar-refractivity contribution in [2.45, 2.75) is 33.2 Å². The van der Waals surface area contributed by atoms with E-state index in [4.69, 9.17) is 0 Å². The molecule has 6 heteroatoms. The van der Waals surface area contributed by atoms with Gasteiger partial charge in [-0.2, -0.15) is 0 Å². The predicted molar refractivity (Wildman–Crippen MR) is 83.5 cm³/mol. The third-order valence-corrected chi connectivity index (χ3v) is 2.92. The molecular formula is C15H26N4O2. The predicted octanol–water partition coefficient (Wildman–Crippen LogP) is 1.96. The zero-order chi connectivity index (χ0) is 16.0. The van der Waals surface area contributed by atoms with Crippen molar-refractivity contribution in [2.24, 2.45) is 5.92 Å². The van der Waals surface area contributed by atoms with E-state index in [1.54, 1.807) is 0 Å². The second-order valence-electron chi connectivity index (χ2n) is 5.94. The van der Waals surface area contributed by atoms with Crippen molar-refractivity contribution in [1.29, 1.82) is 0 Å². The number of esters is 1. The summed E-state index contributed by atoms with van der Waals surface area (Å²) in [6.45, 7) is 7.11. The van der Waals surface area contributed by atoms with Crippen LogP contribution in [0.15, 0.2) is 6.07 Å². The lowest BCUT2D eigenvalue weighted by molar-refractivity contribution is 0.0586. The molecule has 1 heterocycles. The van der Waals surface area contributed by atoms with Gasteiger partial charge in [0.2, 0.25) is 5.82 Å². The zero-order valence-corrected chi connectivity index (χ0v) is 13.8. The Hall–Kier alpha value is -1.69. The standard InChI is InChI=1S/C15H26N4O2/c1-10(2)7-12(9-19(4)5)17-13-8-11(3)16-14(18-13)15(20)21-6/h8,10,12H,7,9H2,1-6H3,(H,16,17,18). The first-order chi connectivity index (χ1) is 9.81. The lowest BCUT2D eigenvalue weighted by atomic mass is 10.0. The summed E-state index contributed by atoms with van der Waals surface area (Å²) < 4.78 is 4.68. The fourth-order valence-corrected chi connectivity index (χ4v) is 2.22. The summed E-state index contributed by atoms with van der Waals surface area (Å²) in [5.41, 5.74) is 0.737. The number of methoxy groups -OCH3 is 1. The third kappa shape index (κ3) is 6.08. The van der Waals surface area contributed by atoms with Crippen LogP contribution < -0.4 is 5.32 Å². The molecule has 118 valence electrons. The van der Waals surface area contributed by atoms with Gasteiger partial charge in [0, 0.05) is 24.3 Å². The summed E-state index contributed by atoms with van der Waals surface area (Å²) in [4.78, 5) is 22.1. The number of anilines is 1. The molecule has 0 saturated carbocycles. The lowest BCUT2D eigenvalue weighted by Gasteiger charge is -2.24. The molecular weight excluding hydrogens is 268 g/mol. The van der Waals surface area contributed by atoms with Gasteiger partial charge in [-0.05, 0) is 33.4 Å². The van der Waals surface area contributed by atoms with Gasteiger partial charge in [0.05, 0.1) is 7.11 Å². The molecule has 0 aliphatic carbocycles. The highest BCUT2D eigenvalue weighted by atomic mass is 16.5. The number of aryl methyl sites for hydroxylation is 1. The number of nitrogens with zero attached hydrogens (tertiary/aromatic N) is 3. The smallest absolute Gasteiger partial charge is 0.376 e. The van der Waals surface area contributed by atoms with Crippen molar-refractivity contribution < 1.29 is 9.53 Å². The number of rotatable bonds is 7. The van der Waals surface area contributed by atoms with Gasteiger partial charge in [0.15, 0.2) is 0 Å². The van der Waals surface area contributed by atoms with E-state index in [1.807, 2.05) is 27.1 Å². The molecule has 0 aromatic carbocycles. The van der Waals surface area contributed by atoms with Crippen LogP contribution in [0.2, 0.25) is 0 Å². The minimum Gasteiger partial charge on any atom is -0.463 e. The first-order valence-electron chi connectivity index (χ1n) is 7.17. The van der Waals surface area contributed by atoms with Gasteiger partial charge in [-0.1, -0.05) is 13.8 Å². The third-order valence-electron chi connectivity index (χ3n) is 2.92. The summed E-state index contributed by atoms with van der Waals surface area (Å²) >= 11 is 0. The fraction of sp³-hybridized carbons (Fsp3) is 0.667. The molecule has 0 bridgehead atoms. The Labute approximate surface area is 126 Å². The summed E-state index contributed by atoms with van der Waals surface area (Å²) in [5.74, 6) is 0.809. The van der Waals surface area contributed by atoms with Crippen LogP contribution in [0, 0.1) is 12.8 Å². The Balaban J connectivity index is 2.91. The molecule has 1 atom stereocenters. The number of carbonyl (C=O) groups is 1. The van der Waals surface area contributed by atoms with Crippen molar-refractivity contribution in [3.05, 3.63) is 17.6 Å². The van der Waals surface area contributed by atoms with Crippen molar-refractivity contribution in [2.75, 3.05) is 33.1 Å². The van der Waals surface area contributed by atoms with Gasteiger partial charge in [-0.15, -0.1) is 0 Å². The second-order valence-corrected chi connectivity index (χ2v) is 5.94. The number of hydrogen-bond acceptors (Lipinski definition) is 6. The first-order valence-corrected chi connectivity index (χ1v) is 7.17. The van der Waals surface area contributed by atoms with Crippen LogP contribution in [-0.4, -0.2) is 54.6 Å². The van der Waals surface area contributed by atoms with E-state index in [1.165, 1.54) is 7.11 Å². The lowest BCUT2D eigenvalue weighted by Crippen LogP contribution is -2.34. The highest BCUT2D eigenvalue weighted by molar-refractivity contribution is 5.85. The topological polar surface area (TPSA) is 67.3 Å². The van der Waals surface area contributed by atoms with Crippen LogP contribution >= 0.6 is 0 Å². The SMILES string of the molecule is COC(=O)c1nc(C)cc(NC(CC(C)C)CN(C)C)n1. The van der Waals surface area contributed by atoms with E-state index in [-0.39, 0.29) is 11.9 Å². The van der Waals surface area contributed by atoms with Crippen LogP contribution in [0.1, 0.15) is 36.6 Å². The average Bonchev–Trinajstić information content (AvgIpc) is 2.35. The molecule has 1 aromatic heterocycles. The molecule has 0 amide bonds. The maximum atomic E-state index is 11.6. The minimum absolute atomic E-state index is 0.0909. The number of aromatic nitrogens is 2. The van der Waals surface area contributed by atoms with Gasteiger partial charge >= 0.3 is 5.97 Å². The Kier molecular flexibility index (Phi) is 6.55. The normalized spacial score (nSPS) is 12.6. The maximum absolute atomic E-state index is 11.6. The van der Waals surface area contributed by atoms with Crippen LogP contribution in [0.5, 0.6) is 0 Å². The molecule has 0 aliphatic rings. The van der Waals surface area contributed by atoms with Gasteiger partial charge < -0.3 is 15.0 Å². The van der Waals surface area contributed by atoms with E-state index in [0.29, 0.717) is 11.7 Å². The van der Waals surface area contributed by atoms with Crippen molar-refractivity contribution in [1.82, 2.24) is 14.9 Å². The first kappa shape index (κ1) is 17.4. The van der Waals surface area contributed by atoms with Gasteiger partial charge in [-0.3, -0.25) is 0 Å². The molecule has 1 N–H and O–H groups in total. The van der Waals surface area contributed by atoms with Crippen molar-refractivity contribution in [3.63, 3.8) is 0 Å². The van der Waals surface area contributed by atoms with E-state index in [0.717, 1.165) is 18.7 Å². The zero-order valence-electron chi connectivity index (χ0n) is 13.8. The minimum atomic E-state index is -0.519. The van der Waals surface area contributed by atoms with Crippen molar-refractivity contribution >= 4 is 11.8 Å². The molecule has 0 saturated heterocycles. The quantitative estimate of drug-likeness (QED) is 0.775. The Morgan fingerprint density at radius 1 is 1.38 bits per heavy atom. The molecule has 0 radical (unpaired) electrons. The van der Waals surface area contributed by atoms with Crippen molar-refractivity contribution in [3.8, 4) is 0 Å². The number of carbonyl (C=O) groups excluding carboxylic acids is 1. The van der Waals surface area contributed by atoms with E-state index in [9.17, 15) is 4.79 Å². The molecule has 0 fully saturated rings. The summed E-state index contributed by atoms with van der Waals surface area (Å²) in [7, 11) is 5.41.